The second kappa shape index (κ2) is 7.68. The van der Waals surface area contributed by atoms with Crippen LogP contribution in [0.4, 0.5) is 30.2 Å². The van der Waals surface area contributed by atoms with Gasteiger partial charge in [0.1, 0.15) is 0 Å². The van der Waals surface area contributed by atoms with E-state index in [1.165, 1.54) is 25.0 Å². The molecule has 0 spiro atoms. The monoisotopic (exact) mass is 363 g/mol. The second-order valence-corrected chi connectivity index (χ2v) is 6.22. The van der Waals surface area contributed by atoms with Crippen LogP contribution < -0.4 is 15.5 Å². The molecule has 1 saturated heterocycles. The summed E-state index contributed by atoms with van der Waals surface area (Å²) in [5.41, 5.74) is 1.28. The lowest BCUT2D eigenvalue weighted by atomic mass is 10.2. The zero-order valence-electron chi connectivity index (χ0n) is 14.1. The molecule has 0 radical (unpaired) electrons. The van der Waals surface area contributed by atoms with Crippen LogP contribution >= 0.6 is 0 Å². The molecule has 138 valence electrons. The summed E-state index contributed by atoms with van der Waals surface area (Å²) in [6.07, 6.45) is -2.02. The van der Waals surface area contributed by atoms with Gasteiger partial charge in [0.05, 0.1) is 12.1 Å². The number of nitrogens with zero attached hydrogens (tertiary/aromatic N) is 1. The van der Waals surface area contributed by atoms with Crippen molar-refractivity contribution in [3.05, 3.63) is 54.1 Å². The SMILES string of the molecule is O=C(CNc1cccc(C(F)(F)F)c1)Nc1ccc(N2CCCC2)cc1. The number of hydrogen-bond acceptors (Lipinski definition) is 3. The third kappa shape index (κ3) is 4.68. The highest BCUT2D eigenvalue weighted by molar-refractivity contribution is 5.93. The first kappa shape index (κ1) is 18.1. The quantitative estimate of drug-likeness (QED) is 0.830. The van der Waals surface area contributed by atoms with Gasteiger partial charge in [-0.3, -0.25) is 4.79 Å². The average molecular weight is 363 g/mol. The van der Waals surface area contributed by atoms with Crippen molar-refractivity contribution in [2.75, 3.05) is 35.2 Å². The molecule has 3 rings (SSSR count). The minimum Gasteiger partial charge on any atom is -0.376 e. The molecule has 2 N–H and O–H groups in total. The van der Waals surface area contributed by atoms with E-state index in [2.05, 4.69) is 15.5 Å². The Morgan fingerprint density at radius 3 is 2.35 bits per heavy atom. The number of carbonyl (C=O) groups is 1. The van der Waals surface area contributed by atoms with Crippen molar-refractivity contribution in [3.63, 3.8) is 0 Å². The van der Waals surface area contributed by atoms with Gasteiger partial charge < -0.3 is 15.5 Å². The number of alkyl halides is 3. The topological polar surface area (TPSA) is 44.4 Å². The Kier molecular flexibility index (Phi) is 5.35. The van der Waals surface area contributed by atoms with E-state index in [1.807, 2.05) is 24.3 Å². The molecule has 2 aromatic carbocycles. The molecule has 2 aromatic rings. The van der Waals surface area contributed by atoms with Crippen molar-refractivity contribution in [2.45, 2.75) is 19.0 Å². The van der Waals surface area contributed by atoms with E-state index in [9.17, 15) is 18.0 Å². The molecule has 7 heteroatoms. The predicted octanol–water partition coefficient (Wildman–Crippen LogP) is 4.36. The van der Waals surface area contributed by atoms with Gasteiger partial charge in [0, 0.05) is 30.2 Å². The third-order valence-corrected chi connectivity index (χ3v) is 4.27. The molecule has 0 aromatic heterocycles. The van der Waals surface area contributed by atoms with Crippen LogP contribution in [0, 0.1) is 0 Å². The van der Waals surface area contributed by atoms with Crippen molar-refractivity contribution >= 4 is 23.0 Å². The molecule has 1 heterocycles. The Morgan fingerprint density at radius 1 is 1.00 bits per heavy atom. The molecule has 26 heavy (non-hydrogen) atoms. The van der Waals surface area contributed by atoms with Crippen molar-refractivity contribution in [1.82, 2.24) is 0 Å². The van der Waals surface area contributed by atoms with Crippen LogP contribution in [0.1, 0.15) is 18.4 Å². The van der Waals surface area contributed by atoms with E-state index >= 15 is 0 Å². The van der Waals surface area contributed by atoms with E-state index in [1.54, 1.807) is 0 Å². The predicted molar refractivity (Wildman–Crippen MR) is 96.5 cm³/mol. The van der Waals surface area contributed by atoms with Gasteiger partial charge in [-0.15, -0.1) is 0 Å². The van der Waals surface area contributed by atoms with Gasteiger partial charge in [-0.2, -0.15) is 13.2 Å². The number of carbonyl (C=O) groups excluding carboxylic acids is 1. The fourth-order valence-corrected chi connectivity index (χ4v) is 2.92. The van der Waals surface area contributed by atoms with Gasteiger partial charge in [0.2, 0.25) is 5.91 Å². The van der Waals surface area contributed by atoms with Gasteiger partial charge in [0.25, 0.3) is 0 Å². The Bertz CT molecular complexity index is 753. The number of anilines is 3. The van der Waals surface area contributed by atoms with Crippen LogP contribution in [-0.4, -0.2) is 25.5 Å². The number of rotatable bonds is 5. The molecular weight excluding hydrogens is 343 g/mol. The normalized spacial score (nSPS) is 14.3. The van der Waals surface area contributed by atoms with E-state index < -0.39 is 11.7 Å². The Balaban J connectivity index is 1.52. The number of hydrogen-bond donors (Lipinski definition) is 2. The van der Waals surface area contributed by atoms with Crippen LogP contribution in [-0.2, 0) is 11.0 Å². The van der Waals surface area contributed by atoms with Gasteiger partial charge in [-0.1, -0.05) is 6.07 Å². The minimum absolute atomic E-state index is 0.116. The summed E-state index contributed by atoms with van der Waals surface area (Å²) in [5.74, 6) is -0.323. The lowest BCUT2D eigenvalue weighted by Crippen LogP contribution is -2.22. The van der Waals surface area contributed by atoms with Gasteiger partial charge in [-0.25, -0.2) is 0 Å². The molecule has 1 amide bonds. The zero-order valence-corrected chi connectivity index (χ0v) is 14.1. The maximum atomic E-state index is 12.7. The number of halogens is 3. The van der Waals surface area contributed by atoms with Crippen molar-refractivity contribution in [3.8, 4) is 0 Å². The molecular formula is C19H20F3N3O. The van der Waals surface area contributed by atoms with E-state index in [0.717, 1.165) is 30.9 Å². The van der Waals surface area contributed by atoms with E-state index in [4.69, 9.17) is 0 Å². The van der Waals surface area contributed by atoms with Crippen LogP contribution in [0.5, 0.6) is 0 Å². The summed E-state index contributed by atoms with van der Waals surface area (Å²) >= 11 is 0. The van der Waals surface area contributed by atoms with Crippen LogP contribution in [0.15, 0.2) is 48.5 Å². The van der Waals surface area contributed by atoms with Crippen LogP contribution in [0.3, 0.4) is 0 Å². The summed E-state index contributed by atoms with van der Waals surface area (Å²) in [7, 11) is 0. The lowest BCUT2D eigenvalue weighted by Gasteiger charge is -2.17. The third-order valence-electron chi connectivity index (χ3n) is 4.27. The first-order valence-electron chi connectivity index (χ1n) is 8.48. The standard InChI is InChI=1S/C19H20F3N3O/c20-19(21,22)14-4-3-5-16(12-14)23-13-18(26)24-15-6-8-17(9-7-15)25-10-1-2-11-25/h3-9,12,23H,1-2,10-11,13H2,(H,24,26). The lowest BCUT2D eigenvalue weighted by molar-refractivity contribution is -0.137. The van der Waals surface area contributed by atoms with Gasteiger partial charge in [0.15, 0.2) is 0 Å². The number of benzene rings is 2. The molecule has 0 bridgehead atoms. The Labute approximate surface area is 150 Å². The first-order valence-corrected chi connectivity index (χ1v) is 8.48. The second-order valence-electron chi connectivity index (χ2n) is 6.22. The van der Waals surface area contributed by atoms with E-state index in [0.29, 0.717) is 5.69 Å². The largest absolute Gasteiger partial charge is 0.416 e. The van der Waals surface area contributed by atoms with Crippen molar-refractivity contribution < 1.29 is 18.0 Å². The smallest absolute Gasteiger partial charge is 0.376 e. The molecule has 0 saturated carbocycles. The van der Waals surface area contributed by atoms with Crippen LogP contribution in [0.25, 0.3) is 0 Å². The van der Waals surface area contributed by atoms with Gasteiger partial charge in [-0.05, 0) is 55.3 Å². The Morgan fingerprint density at radius 2 is 1.69 bits per heavy atom. The maximum absolute atomic E-state index is 12.7. The summed E-state index contributed by atoms with van der Waals surface area (Å²) in [6, 6.07) is 12.4. The molecule has 1 fully saturated rings. The zero-order chi connectivity index (χ0) is 18.6. The molecule has 1 aliphatic rings. The molecule has 0 aliphatic carbocycles. The first-order chi connectivity index (χ1) is 12.4. The highest BCUT2D eigenvalue weighted by Gasteiger charge is 2.30. The molecule has 1 aliphatic heterocycles. The average Bonchev–Trinajstić information content (AvgIpc) is 3.15. The van der Waals surface area contributed by atoms with Crippen molar-refractivity contribution in [1.29, 1.82) is 0 Å². The van der Waals surface area contributed by atoms with Crippen molar-refractivity contribution in [2.24, 2.45) is 0 Å². The maximum Gasteiger partial charge on any atom is 0.416 e. The number of amides is 1. The fourth-order valence-electron chi connectivity index (χ4n) is 2.92. The highest BCUT2D eigenvalue weighted by atomic mass is 19.4. The number of nitrogens with one attached hydrogen (secondary N) is 2. The molecule has 4 nitrogen and oxygen atoms in total. The Hall–Kier alpha value is -2.70. The fraction of sp³-hybridized carbons (Fsp3) is 0.316. The summed E-state index contributed by atoms with van der Waals surface area (Å²) < 4.78 is 38.1. The summed E-state index contributed by atoms with van der Waals surface area (Å²) in [4.78, 5) is 14.3. The van der Waals surface area contributed by atoms with Gasteiger partial charge >= 0.3 is 6.18 Å². The molecule has 0 unspecified atom stereocenters. The van der Waals surface area contributed by atoms with Crippen LogP contribution in [0.2, 0.25) is 0 Å². The molecule has 0 atom stereocenters. The summed E-state index contributed by atoms with van der Waals surface area (Å²) in [6.45, 7) is 1.98. The highest BCUT2D eigenvalue weighted by Crippen LogP contribution is 2.30. The summed E-state index contributed by atoms with van der Waals surface area (Å²) in [5, 5.41) is 5.45. The minimum atomic E-state index is -4.41. The van der Waals surface area contributed by atoms with E-state index in [-0.39, 0.29) is 18.1 Å².